The van der Waals surface area contributed by atoms with Gasteiger partial charge in [0.05, 0.1) is 12.0 Å². The summed E-state index contributed by atoms with van der Waals surface area (Å²) in [6, 6.07) is 0. The Morgan fingerprint density at radius 1 is 1.17 bits per heavy atom. The zero-order valence-corrected chi connectivity index (χ0v) is 7.07. The highest BCUT2D eigenvalue weighted by Crippen LogP contribution is 2.39. The Hall–Kier alpha value is 0.0400. The largest absolute Gasteiger partial charge is 0.393 e. The van der Waals surface area contributed by atoms with Gasteiger partial charge in [-0.25, -0.2) is 0 Å². The minimum atomic E-state index is -4.21. The Morgan fingerprint density at radius 3 is 2.17 bits per heavy atom. The molecule has 0 saturated heterocycles. The molecule has 1 nitrogen and oxygen atoms in total. The standard InChI is InChI=1S/C7H10ClF3O/c8-5-1-4(7(9,10)11)2-6(12)3-5/h4-6,12H,1-3H2. The van der Waals surface area contributed by atoms with Crippen LogP contribution in [0.1, 0.15) is 19.3 Å². The van der Waals surface area contributed by atoms with Crippen LogP contribution in [0.15, 0.2) is 0 Å². The normalized spacial score (nSPS) is 38.2. The van der Waals surface area contributed by atoms with Crippen molar-refractivity contribution in [3.05, 3.63) is 0 Å². The molecule has 1 N–H and O–H groups in total. The monoisotopic (exact) mass is 202 g/mol. The molecule has 1 aliphatic carbocycles. The summed E-state index contributed by atoms with van der Waals surface area (Å²) in [5, 5.41) is 8.49. The van der Waals surface area contributed by atoms with Gasteiger partial charge < -0.3 is 5.11 Å². The van der Waals surface area contributed by atoms with E-state index in [4.69, 9.17) is 16.7 Å². The van der Waals surface area contributed by atoms with E-state index in [-0.39, 0.29) is 19.3 Å². The molecule has 0 amide bonds. The van der Waals surface area contributed by atoms with Crippen molar-refractivity contribution in [3.63, 3.8) is 0 Å². The second kappa shape index (κ2) is 3.42. The molecule has 0 aliphatic heterocycles. The van der Waals surface area contributed by atoms with Crippen LogP contribution in [0.5, 0.6) is 0 Å². The number of halogens is 4. The van der Waals surface area contributed by atoms with Crippen molar-refractivity contribution in [1.29, 1.82) is 0 Å². The van der Waals surface area contributed by atoms with Crippen LogP contribution in [0.2, 0.25) is 0 Å². The summed E-state index contributed by atoms with van der Waals surface area (Å²) in [6.45, 7) is 0. The SMILES string of the molecule is OC1CC(Cl)CC(C(F)(F)F)C1. The Labute approximate surface area is 73.5 Å². The predicted molar refractivity (Wildman–Crippen MR) is 39.0 cm³/mol. The van der Waals surface area contributed by atoms with Crippen molar-refractivity contribution in [3.8, 4) is 0 Å². The third-order valence-electron chi connectivity index (χ3n) is 2.09. The molecule has 3 unspecified atom stereocenters. The summed E-state index contributed by atoms with van der Waals surface area (Å²) >= 11 is 5.55. The van der Waals surface area contributed by atoms with Gasteiger partial charge in [0, 0.05) is 5.38 Å². The van der Waals surface area contributed by atoms with Gasteiger partial charge in [-0.2, -0.15) is 13.2 Å². The van der Waals surface area contributed by atoms with Gasteiger partial charge in [0.25, 0.3) is 0 Å². The van der Waals surface area contributed by atoms with Gasteiger partial charge in [-0.3, -0.25) is 0 Å². The fourth-order valence-electron chi connectivity index (χ4n) is 1.49. The van der Waals surface area contributed by atoms with Crippen LogP contribution in [0.25, 0.3) is 0 Å². The maximum absolute atomic E-state index is 12.1. The van der Waals surface area contributed by atoms with Gasteiger partial charge >= 0.3 is 6.18 Å². The lowest BCUT2D eigenvalue weighted by molar-refractivity contribution is -0.189. The van der Waals surface area contributed by atoms with E-state index in [1.54, 1.807) is 0 Å². The molecular formula is C7H10ClF3O. The molecule has 1 saturated carbocycles. The Kier molecular flexibility index (Phi) is 2.88. The smallest absolute Gasteiger partial charge is 0.391 e. The maximum Gasteiger partial charge on any atom is 0.391 e. The van der Waals surface area contributed by atoms with Crippen LogP contribution < -0.4 is 0 Å². The highest BCUT2D eigenvalue weighted by molar-refractivity contribution is 6.20. The van der Waals surface area contributed by atoms with E-state index < -0.39 is 23.6 Å². The summed E-state index contributed by atoms with van der Waals surface area (Å²) < 4.78 is 36.4. The highest BCUT2D eigenvalue weighted by Gasteiger charge is 2.44. The summed E-state index contributed by atoms with van der Waals surface area (Å²) in [5.74, 6) is -1.43. The summed E-state index contributed by atoms with van der Waals surface area (Å²) in [5.41, 5.74) is 0. The van der Waals surface area contributed by atoms with E-state index in [0.29, 0.717) is 0 Å². The van der Waals surface area contributed by atoms with E-state index >= 15 is 0 Å². The summed E-state index contributed by atoms with van der Waals surface area (Å²) in [6.07, 6.45) is -5.11. The first kappa shape index (κ1) is 10.1. The lowest BCUT2D eigenvalue weighted by Crippen LogP contribution is -2.35. The topological polar surface area (TPSA) is 20.2 Å². The van der Waals surface area contributed by atoms with E-state index in [2.05, 4.69) is 0 Å². The third-order valence-corrected chi connectivity index (χ3v) is 2.44. The Morgan fingerprint density at radius 2 is 1.75 bits per heavy atom. The molecular weight excluding hydrogens is 193 g/mol. The molecule has 0 aromatic rings. The van der Waals surface area contributed by atoms with Gasteiger partial charge in [0.1, 0.15) is 0 Å². The molecule has 0 heterocycles. The second-order valence-corrected chi connectivity index (χ2v) is 3.81. The zero-order chi connectivity index (χ0) is 9.35. The lowest BCUT2D eigenvalue weighted by atomic mass is 9.86. The molecule has 5 heteroatoms. The number of rotatable bonds is 0. The van der Waals surface area contributed by atoms with Gasteiger partial charge in [0.2, 0.25) is 0 Å². The molecule has 0 aromatic heterocycles. The molecule has 72 valence electrons. The fraction of sp³-hybridized carbons (Fsp3) is 1.00. The molecule has 3 atom stereocenters. The molecule has 0 spiro atoms. The van der Waals surface area contributed by atoms with Crippen LogP contribution in [0, 0.1) is 5.92 Å². The van der Waals surface area contributed by atoms with E-state index in [1.165, 1.54) is 0 Å². The fourth-order valence-corrected chi connectivity index (χ4v) is 1.91. The molecule has 1 rings (SSSR count). The van der Waals surface area contributed by atoms with Crippen LogP contribution in [-0.2, 0) is 0 Å². The van der Waals surface area contributed by atoms with Gasteiger partial charge in [-0.05, 0) is 19.3 Å². The van der Waals surface area contributed by atoms with Crippen molar-refractivity contribution in [1.82, 2.24) is 0 Å². The first-order valence-electron chi connectivity index (χ1n) is 3.78. The third kappa shape index (κ3) is 2.52. The molecule has 0 aromatic carbocycles. The summed E-state index contributed by atoms with van der Waals surface area (Å²) in [4.78, 5) is 0. The summed E-state index contributed by atoms with van der Waals surface area (Å²) in [7, 11) is 0. The quantitative estimate of drug-likeness (QED) is 0.598. The van der Waals surface area contributed by atoms with Crippen LogP contribution >= 0.6 is 11.6 Å². The van der Waals surface area contributed by atoms with Crippen LogP contribution in [-0.4, -0.2) is 22.8 Å². The zero-order valence-electron chi connectivity index (χ0n) is 6.31. The maximum atomic E-state index is 12.1. The minimum absolute atomic E-state index is 0.0673. The number of aliphatic hydroxyl groups excluding tert-OH is 1. The van der Waals surface area contributed by atoms with E-state index in [9.17, 15) is 13.2 Å². The lowest BCUT2D eigenvalue weighted by Gasteiger charge is -2.30. The van der Waals surface area contributed by atoms with Crippen LogP contribution in [0.3, 0.4) is 0 Å². The van der Waals surface area contributed by atoms with Gasteiger partial charge in [0.15, 0.2) is 0 Å². The highest BCUT2D eigenvalue weighted by atomic mass is 35.5. The van der Waals surface area contributed by atoms with Gasteiger partial charge in [-0.15, -0.1) is 11.6 Å². The van der Waals surface area contributed by atoms with Crippen molar-refractivity contribution in [2.75, 3.05) is 0 Å². The number of alkyl halides is 4. The van der Waals surface area contributed by atoms with Crippen LogP contribution in [0.4, 0.5) is 13.2 Å². The Balaban J connectivity index is 2.55. The second-order valence-electron chi connectivity index (χ2n) is 3.20. The number of aliphatic hydroxyl groups is 1. The first-order chi connectivity index (χ1) is 5.39. The molecule has 12 heavy (non-hydrogen) atoms. The molecule has 1 aliphatic rings. The predicted octanol–water partition coefficient (Wildman–Crippen LogP) is 2.32. The average molecular weight is 203 g/mol. The van der Waals surface area contributed by atoms with E-state index in [0.717, 1.165) is 0 Å². The molecule has 0 bridgehead atoms. The minimum Gasteiger partial charge on any atom is -0.393 e. The first-order valence-corrected chi connectivity index (χ1v) is 4.22. The number of hydrogen-bond acceptors (Lipinski definition) is 1. The molecule has 1 fully saturated rings. The van der Waals surface area contributed by atoms with Crippen molar-refractivity contribution < 1.29 is 18.3 Å². The van der Waals surface area contributed by atoms with Crippen molar-refractivity contribution >= 4 is 11.6 Å². The molecule has 0 radical (unpaired) electrons. The number of hydrogen-bond donors (Lipinski definition) is 1. The average Bonchev–Trinajstić information content (AvgIpc) is 1.82. The van der Waals surface area contributed by atoms with Gasteiger partial charge in [-0.1, -0.05) is 0 Å². The van der Waals surface area contributed by atoms with Crippen molar-refractivity contribution in [2.45, 2.75) is 36.9 Å². The van der Waals surface area contributed by atoms with Crippen molar-refractivity contribution in [2.24, 2.45) is 5.92 Å². The van der Waals surface area contributed by atoms with E-state index in [1.807, 2.05) is 0 Å². The Bertz CT molecular complexity index is 149.